The number of fused-ring (bicyclic) bond motifs is 1. The van der Waals surface area contributed by atoms with Crippen molar-refractivity contribution in [1.29, 1.82) is 0 Å². The second-order valence-electron chi connectivity index (χ2n) is 6.73. The molecule has 0 amide bonds. The lowest BCUT2D eigenvalue weighted by Gasteiger charge is -2.20. The third-order valence-electron chi connectivity index (χ3n) is 3.74. The molecule has 3 aromatic heterocycles. The average Bonchev–Trinajstić information content (AvgIpc) is 2.92. The van der Waals surface area contributed by atoms with Crippen molar-refractivity contribution in [2.75, 3.05) is 5.32 Å². The van der Waals surface area contributed by atoms with Crippen LogP contribution in [0.4, 0.5) is 5.82 Å². The highest BCUT2D eigenvalue weighted by molar-refractivity contribution is 5.86. The number of anilines is 1. The monoisotopic (exact) mass is 310 g/mol. The van der Waals surface area contributed by atoms with Crippen LogP contribution in [0, 0.1) is 6.92 Å². The highest BCUT2D eigenvalue weighted by Crippen LogP contribution is 2.27. The summed E-state index contributed by atoms with van der Waals surface area (Å²) in [5.74, 6) is 1.54. The van der Waals surface area contributed by atoms with Gasteiger partial charge in [-0.25, -0.2) is 14.6 Å². The predicted octanol–water partition coefficient (Wildman–Crippen LogP) is 3.46. The summed E-state index contributed by atoms with van der Waals surface area (Å²) >= 11 is 0. The summed E-state index contributed by atoms with van der Waals surface area (Å²) in [5.41, 5.74) is 1.89. The first-order chi connectivity index (χ1) is 10.9. The van der Waals surface area contributed by atoms with Gasteiger partial charge in [-0.1, -0.05) is 0 Å². The highest BCUT2D eigenvalue weighted by Gasteiger charge is 2.21. The zero-order valence-electron chi connectivity index (χ0n) is 14.2. The molecule has 0 spiro atoms. The van der Waals surface area contributed by atoms with Gasteiger partial charge in [-0.2, -0.15) is 5.10 Å². The second-order valence-corrected chi connectivity index (χ2v) is 6.73. The Labute approximate surface area is 136 Å². The molecule has 0 unspecified atom stereocenters. The molecule has 120 valence electrons. The van der Waals surface area contributed by atoms with Crippen LogP contribution in [0.2, 0.25) is 0 Å². The van der Waals surface area contributed by atoms with Crippen LogP contribution >= 0.6 is 0 Å². The number of aryl methyl sites for hydroxylation is 1. The molecule has 3 rings (SSSR count). The Morgan fingerprint density at radius 2 is 1.83 bits per heavy atom. The zero-order chi connectivity index (χ0) is 16.6. The number of nitrogens with zero attached hydrogens (tertiary/aromatic N) is 5. The molecule has 0 fully saturated rings. The van der Waals surface area contributed by atoms with Crippen molar-refractivity contribution in [2.45, 2.75) is 46.2 Å². The fraction of sp³-hybridized carbons (Fsp3) is 0.412. The van der Waals surface area contributed by atoms with Crippen LogP contribution in [0.15, 0.2) is 30.7 Å². The SMILES string of the molecule is Cc1nc(N[C@H](C)c2ccncc2)c2cnn(C(C)(C)C)c2n1. The number of rotatable bonds is 3. The van der Waals surface area contributed by atoms with Gasteiger partial charge in [0.05, 0.1) is 23.2 Å². The van der Waals surface area contributed by atoms with Crippen LogP contribution in [0.5, 0.6) is 0 Å². The summed E-state index contributed by atoms with van der Waals surface area (Å²) in [6.45, 7) is 10.4. The molecule has 3 aromatic rings. The molecule has 0 aliphatic carbocycles. The molecule has 0 aliphatic heterocycles. The minimum absolute atomic E-state index is 0.119. The molecule has 0 aliphatic rings. The number of aromatic nitrogens is 5. The Kier molecular flexibility index (Phi) is 3.75. The van der Waals surface area contributed by atoms with E-state index < -0.39 is 0 Å². The van der Waals surface area contributed by atoms with E-state index in [2.05, 4.69) is 53.1 Å². The average molecular weight is 310 g/mol. The maximum absolute atomic E-state index is 4.58. The maximum atomic E-state index is 4.58. The molecule has 0 bridgehead atoms. The minimum Gasteiger partial charge on any atom is -0.363 e. The smallest absolute Gasteiger partial charge is 0.164 e. The molecule has 1 atom stereocenters. The molecule has 1 N–H and O–H groups in total. The van der Waals surface area contributed by atoms with Gasteiger partial charge in [-0.05, 0) is 52.3 Å². The maximum Gasteiger partial charge on any atom is 0.164 e. The minimum atomic E-state index is -0.128. The Morgan fingerprint density at radius 3 is 2.48 bits per heavy atom. The van der Waals surface area contributed by atoms with Gasteiger partial charge in [0.25, 0.3) is 0 Å². The molecule has 3 heterocycles. The van der Waals surface area contributed by atoms with E-state index in [0.717, 1.165) is 28.2 Å². The van der Waals surface area contributed by atoms with Crippen molar-refractivity contribution < 1.29 is 0 Å². The Balaban J connectivity index is 2.03. The van der Waals surface area contributed by atoms with Crippen LogP contribution < -0.4 is 5.32 Å². The van der Waals surface area contributed by atoms with Gasteiger partial charge < -0.3 is 5.32 Å². The normalized spacial score (nSPS) is 13.3. The van der Waals surface area contributed by atoms with Gasteiger partial charge in [0.15, 0.2) is 5.65 Å². The van der Waals surface area contributed by atoms with E-state index in [9.17, 15) is 0 Å². The number of nitrogens with one attached hydrogen (secondary N) is 1. The molecule has 6 heteroatoms. The lowest BCUT2D eigenvalue weighted by atomic mass is 10.1. The largest absolute Gasteiger partial charge is 0.363 e. The van der Waals surface area contributed by atoms with Crippen molar-refractivity contribution in [2.24, 2.45) is 0 Å². The molecule has 6 nitrogen and oxygen atoms in total. The number of pyridine rings is 1. The van der Waals surface area contributed by atoms with Crippen LogP contribution in [-0.2, 0) is 5.54 Å². The Morgan fingerprint density at radius 1 is 1.13 bits per heavy atom. The first-order valence-electron chi connectivity index (χ1n) is 7.75. The van der Waals surface area contributed by atoms with E-state index in [1.165, 1.54) is 0 Å². The van der Waals surface area contributed by atoms with Gasteiger partial charge in [0, 0.05) is 12.4 Å². The van der Waals surface area contributed by atoms with Crippen molar-refractivity contribution in [1.82, 2.24) is 24.7 Å². The second kappa shape index (κ2) is 5.61. The molecule has 0 saturated carbocycles. The van der Waals surface area contributed by atoms with E-state index in [1.54, 1.807) is 12.4 Å². The topological polar surface area (TPSA) is 68.5 Å². The number of hydrogen-bond donors (Lipinski definition) is 1. The van der Waals surface area contributed by atoms with Gasteiger partial charge in [-0.3, -0.25) is 4.98 Å². The summed E-state index contributed by atoms with van der Waals surface area (Å²) in [6.07, 6.45) is 5.43. The summed E-state index contributed by atoms with van der Waals surface area (Å²) in [4.78, 5) is 13.2. The fourth-order valence-corrected chi connectivity index (χ4v) is 2.56. The highest BCUT2D eigenvalue weighted by atomic mass is 15.3. The standard InChI is InChI=1S/C17H22N6/c1-11(13-6-8-18-9-7-13)20-15-14-10-19-23(17(3,4)5)16(14)22-12(2)21-15/h6-11H,1-5H3,(H,20,21,22)/t11-/m1/s1. The molecule has 0 saturated heterocycles. The van der Waals surface area contributed by atoms with Crippen molar-refractivity contribution in [3.05, 3.63) is 42.1 Å². The Bertz CT molecular complexity index is 816. The van der Waals surface area contributed by atoms with E-state index in [4.69, 9.17) is 0 Å². The van der Waals surface area contributed by atoms with Gasteiger partial charge >= 0.3 is 0 Å². The molecule has 0 radical (unpaired) electrons. The van der Waals surface area contributed by atoms with E-state index >= 15 is 0 Å². The first kappa shape index (κ1) is 15.4. The number of hydrogen-bond acceptors (Lipinski definition) is 5. The van der Waals surface area contributed by atoms with Gasteiger partial charge in [0.1, 0.15) is 11.6 Å². The zero-order valence-corrected chi connectivity index (χ0v) is 14.2. The third-order valence-corrected chi connectivity index (χ3v) is 3.74. The van der Waals surface area contributed by atoms with E-state index in [-0.39, 0.29) is 11.6 Å². The lowest BCUT2D eigenvalue weighted by Crippen LogP contribution is -2.23. The van der Waals surface area contributed by atoms with Gasteiger partial charge in [-0.15, -0.1) is 0 Å². The summed E-state index contributed by atoms with van der Waals surface area (Å²) in [6, 6.07) is 4.12. The van der Waals surface area contributed by atoms with Gasteiger partial charge in [0.2, 0.25) is 0 Å². The molecular weight excluding hydrogens is 288 g/mol. The predicted molar refractivity (Wildman–Crippen MR) is 91.3 cm³/mol. The van der Waals surface area contributed by atoms with Crippen molar-refractivity contribution in [3.8, 4) is 0 Å². The Hall–Kier alpha value is -2.50. The molecule has 23 heavy (non-hydrogen) atoms. The van der Waals surface area contributed by atoms with Crippen molar-refractivity contribution in [3.63, 3.8) is 0 Å². The molecule has 0 aromatic carbocycles. The third kappa shape index (κ3) is 3.02. The summed E-state index contributed by atoms with van der Waals surface area (Å²) in [7, 11) is 0. The summed E-state index contributed by atoms with van der Waals surface area (Å²) < 4.78 is 1.94. The summed E-state index contributed by atoms with van der Waals surface area (Å²) in [5, 5.41) is 8.92. The van der Waals surface area contributed by atoms with E-state index in [0.29, 0.717) is 0 Å². The first-order valence-corrected chi connectivity index (χ1v) is 7.75. The van der Waals surface area contributed by atoms with Crippen LogP contribution in [0.3, 0.4) is 0 Å². The van der Waals surface area contributed by atoms with Crippen LogP contribution in [0.1, 0.15) is 45.1 Å². The quantitative estimate of drug-likeness (QED) is 0.802. The van der Waals surface area contributed by atoms with Crippen LogP contribution in [-0.4, -0.2) is 24.7 Å². The molecular formula is C17H22N6. The van der Waals surface area contributed by atoms with E-state index in [1.807, 2.05) is 29.9 Å². The van der Waals surface area contributed by atoms with Crippen molar-refractivity contribution >= 4 is 16.9 Å². The fourth-order valence-electron chi connectivity index (χ4n) is 2.56. The lowest BCUT2D eigenvalue weighted by molar-refractivity contribution is 0.365. The van der Waals surface area contributed by atoms with Crippen LogP contribution in [0.25, 0.3) is 11.0 Å².